The van der Waals surface area contributed by atoms with Crippen LogP contribution in [0, 0.1) is 0 Å². The molecule has 210 valence electrons. The maximum atomic E-state index is 13.9. The number of fused-ring (bicyclic) bond motifs is 1. The molecule has 0 amide bonds. The molecule has 0 unspecified atom stereocenters. The fourth-order valence-electron chi connectivity index (χ4n) is 4.31. The molecule has 1 aliphatic heterocycles. The maximum Gasteiger partial charge on any atom is 0.338 e. The lowest BCUT2D eigenvalue weighted by molar-refractivity contribution is -0.139. The Morgan fingerprint density at radius 1 is 1.18 bits per heavy atom. The fraction of sp³-hybridized carbons (Fsp3) is 0.276. The summed E-state index contributed by atoms with van der Waals surface area (Å²) in [5.41, 5.74) is 1.63. The lowest BCUT2D eigenvalue weighted by Gasteiger charge is -2.25. The molecular formula is C29H29BrN2O7S. The second-order valence-corrected chi connectivity index (χ2v) is 10.5. The largest absolute Gasteiger partial charge is 0.504 e. The minimum Gasteiger partial charge on any atom is -0.504 e. The number of carbonyl (C=O) groups excluding carboxylic acids is 1. The average molecular weight is 630 g/mol. The molecule has 4 rings (SSSR count). The van der Waals surface area contributed by atoms with E-state index in [4.69, 9.17) is 18.9 Å². The van der Waals surface area contributed by atoms with E-state index in [0.717, 1.165) is 0 Å². The zero-order valence-corrected chi connectivity index (χ0v) is 24.9. The molecule has 1 aliphatic rings. The van der Waals surface area contributed by atoms with Gasteiger partial charge >= 0.3 is 5.97 Å². The Balaban J connectivity index is 1.96. The number of rotatable bonds is 10. The predicted octanol–water partition coefficient (Wildman–Crippen LogP) is 4.24. The second-order valence-electron chi connectivity index (χ2n) is 8.59. The number of halogens is 1. The first-order valence-corrected chi connectivity index (χ1v) is 14.1. The summed E-state index contributed by atoms with van der Waals surface area (Å²) in [6.07, 6.45) is 3.32. The van der Waals surface area contributed by atoms with E-state index in [1.165, 1.54) is 29.1 Å². The van der Waals surface area contributed by atoms with E-state index < -0.39 is 12.0 Å². The average Bonchev–Trinajstić information content (AvgIpc) is 3.23. The number of benzene rings is 2. The van der Waals surface area contributed by atoms with Gasteiger partial charge in [0, 0.05) is 4.47 Å². The zero-order chi connectivity index (χ0) is 29.0. The minimum atomic E-state index is -0.817. The number of hydrogen-bond donors (Lipinski definition) is 1. The highest BCUT2D eigenvalue weighted by molar-refractivity contribution is 9.10. The number of ether oxygens (including phenoxy) is 4. The first-order chi connectivity index (χ1) is 19.2. The molecule has 9 nitrogen and oxygen atoms in total. The van der Waals surface area contributed by atoms with Crippen molar-refractivity contribution < 1.29 is 28.8 Å². The van der Waals surface area contributed by atoms with Crippen molar-refractivity contribution in [1.29, 1.82) is 0 Å². The van der Waals surface area contributed by atoms with E-state index in [-0.39, 0.29) is 29.2 Å². The Labute approximate surface area is 243 Å². The number of carbonyl (C=O) groups is 1. The number of esters is 1. The standard InChI is InChI=1S/C29H29BrN2O7S/c1-6-11-39-21-10-9-17(12-23(21)37-7-2)26-25(28(35)38-8-3)16(4)31-29-32(26)27(34)24(40-29)14-18-13-22(36-5)20(33)15-19(18)30/h6,9-10,12-15,26,33H,1,7-8,11H2,2-5H3/b24-14-/t26-/m1/s1. The van der Waals surface area contributed by atoms with Crippen molar-refractivity contribution in [1.82, 2.24) is 4.57 Å². The predicted molar refractivity (Wildman–Crippen MR) is 156 cm³/mol. The van der Waals surface area contributed by atoms with Crippen molar-refractivity contribution in [3.05, 3.63) is 89.5 Å². The van der Waals surface area contributed by atoms with Gasteiger partial charge in [-0.3, -0.25) is 9.36 Å². The maximum absolute atomic E-state index is 13.9. The number of aromatic hydroxyl groups is 1. The highest BCUT2D eigenvalue weighted by atomic mass is 79.9. The molecule has 11 heteroatoms. The van der Waals surface area contributed by atoms with Gasteiger partial charge in [0.1, 0.15) is 6.61 Å². The second kappa shape index (κ2) is 12.6. The summed E-state index contributed by atoms with van der Waals surface area (Å²) in [7, 11) is 1.45. The molecular weight excluding hydrogens is 600 g/mol. The molecule has 0 saturated heterocycles. The van der Waals surface area contributed by atoms with Gasteiger partial charge in [-0.2, -0.15) is 0 Å². The molecule has 0 saturated carbocycles. The molecule has 1 atom stereocenters. The topological polar surface area (TPSA) is 109 Å². The number of hydrogen-bond acceptors (Lipinski definition) is 9. The number of phenolic OH excluding ortho intramolecular Hbond substituents is 1. The van der Waals surface area contributed by atoms with Gasteiger partial charge in [0.05, 0.1) is 42.2 Å². The van der Waals surface area contributed by atoms with Crippen LogP contribution in [0.5, 0.6) is 23.0 Å². The van der Waals surface area contributed by atoms with Crippen LogP contribution in [0.3, 0.4) is 0 Å². The van der Waals surface area contributed by atoms with Crippen LogP contribution in [0.15, 0.2) is 68.5 Å². The molecule has 1 aromatic heterocycles. The van der Waals surface area contributed by atoms with Gasteiger partial charge in [-0.1, -0.05) is 46.0 Å². The van der Waals surface area contributed by atoms with Crippen molar-refractivity contribution in [3.8, 4) is 23.0 Å². The Bertz CT molecular complexity index is 1670. The van der Waals surface area contributed by atoms with Crippen LogP contribution in [0.4, 0.5) is 0 Å². The third-order valence-corrected chi connectivity index (χ3v) is 7.71. The molecule has 1 N–H and O–H groups in total. The van der Waals surface area contributed by atoms with E-state index in [1.54, 1.807) is 50.3 Å². The van der Waals surface area contributed by atoms with Gasteiger partial charge in [0.2, 0.25) is 0 Å². The third-order valence-electron chi connectivity index (χ3n) is 6.04. The van der Waals surface area contributed by atoms with Crippen molar-refractivity contribution >= 4 is 39.3 Å². The molecule has 0 fully saturated rings. The summed E-state index contributed by atoms with van der Waals surface area (Å²) in [6.45, 7) is 9.84. The number of aromatic nitrogens is 1. The molecule has 0 bridgehead atoms. The SMILES string of the molecule is C=CCOc1ccc([C@@H]2C(C(=O)OCC)=C(C)N=c3s/c(=C\c4cc(OC)c(O)cc4Br)c(=O)n32)cc1OCC. The molecule has 0 aliphatic carbocycles. The number of thiazole rings is 1. The molecule has 2 heterocycles. The number of phenols is 1. The molecule has 3 aromatic rings. The third kappa shape index (κ3) is 5.71. The van der Waals surface area contributed by atoms with Gasteiger partial charge in [0.15, 0.2) is 27.8 Å². The summed E-state index contributed by atoms with van der Waals surface area (Å²) >= 11 is 4.63. The van der Waals surface area contributed by atoms with Crippen molar-refractivity contribution in [2.75, 3.05) is 26.9 Å². The van der Waals surface area contributed by atoms with Crippen LogP contribution in [0.2, 0.25) is 0 Å². The quantitative estimate of drug-likeness (QED) is 0.264. The smallest absolute Gasteiger partial charge is 0.338 e. The lowest BCUT2D eigenvalue weighted by atomic mass is 9.95. The van der Waals surface area contributed by atoms with Crippen molar-refractivity contribution in [2.24, 2.45) is 4.99 Å². The Hall–Kier alpha value is -3.83. The summed E-state index contributed by atoms with van der Waals surface area (Å²) in [6, 6.07) is 7.62. The minimum absolute atomic E-state index is 0.0340. The fourth-order valence-corrected chi connectivity index (χ4v) is 5.80. The van der Waals surface area contributed by atoms with E-state index in [2.05, 4.69) is 27.5 Å². The zero-order valence-electron chi connectivity index (χ0n) is 22.5. The Morgan fingerprint density at radius 2 is 1.95 bits per heavy atom. The van der Waals surface area contributed by atoms with Crippen LogP contribution in [-0.4, -0.2) is 42.6 Å². The Morgan fingerprint density at radius 3 is 2.62 bits per heavy atom. The van der Waals surface area contributed by atoms with Crippen molar-refractivity contribution in [2.45, 2.75) is 26.8 Å². The van der Waals surface area contributed by atoms with Crippen LogP contribution in [0.25, 0.3) is 6.08 Å². The van der Waals surface area contributed by atoms with Crippen LogP contribution >= 0.6 is 27.3 Å². The number of methoxy groups -OCH3 is 1. The van der Waals surface area contributed by atoms with Crippen LogP contribution < -0.4 is 29.1 Å². The van der Waals surface area contributed by atoms with Crippen LogP contribution in [-0.2, 0) is 9.53 Å². The molecule has 2 aromatic carbocycles. The van der Waals surface area contributed by atoms with E-state index in [0.29, 0.717) is 55.3 Å². The highest BCUT2D eigenvalue weighted by Gasteiger charge is 2.34. The van der Waals surface area contributed by atoms with E-state index in [1.807, 2.05) is 6.92 Å². The first-order valence-electron chi connectivity index (χ1n) is 12.5. The van der Waals surface area contributed by atoms with Crippen molar-refractivity contribution in [3.63, 3.8) is 0 Å². The number of nitrogens with zero attached hydrogens (tertiary/aromatic N) is 2. The van der Waals surface area contributed by atoms with E-state index >= 15 is 0 Å². The summed E-state index contributed by atoms with van der Waals surface area (Å²) < 4.78 is 24.7. The lowest BCUT2D eigenvalue weighted by Crippen LogP contribution is -2.40. The van der Waals surface area contributed by atoms with Gasteiger partial charge in [-0.05, 0) is 62.2 Å². The van der Waals surface area contributed by atoms with E-state index in [9.17, 15) is 14.7 Å². The first kappa shape index (κ1) is 29.2. The molecule has 0 radical (unpaired) electrons. The summed E-state index contributed by atoms with van der Waals surface area (Å²) in [4.78, 5) is 32.2. The van der Waals surface area contributed by atoms with Gasteiger partial charge in [-0.25, -0.2) is 9.79 Å². The van der Waals surface area contributed by atoms with Gasteiger partial charge in [0.25, 0.3) is 5.56 Å². The summed E-state index contributed by atoms with van der Waals surface area (Å²) in [5.74, 6) is 0.666. The normalized spacial score (nSPS) is 14.8. The van der Waals surface area contributed by atoms with Gasteiger partial charge < -0.3 is 24.1 Å². The van der Waals surface area contributed by atoms with Gasteiger partial charge in [-0.15, -0.1) is 0 Å². The van der Waals surface area contributed by atoms with Crippen LogP contribution in [0.1, 0.15) is 37.9 Å². The highest BCUT2D eigenvalue weighted by Crippen LogP contribution is 2.37. The number of allylic oxidation sites excluding steroid dienone is 1. The molecule has 40 heavy (non-hydrogen) atoms. The summed E-state index contributed by atoms with van der Waals surface area (Å²) in [5, 5.41) is 10.1. The monoisotopic (exact) mass is 628 g/mol. The molecule has 0 spiro atoms. The Kier molecular flexibility index (Phi) is 9.16.